The second kappa shape index (κ2) is 4.74. The minimum atomic E-state index is -0.608. The van der Waals surface area contributed by atoms with Crippen molar-refractivity contribution in [3.8, 4) is 0 Å². The Morgan fingerprint density at radius 3 is 2.81 bits per heavy atom. The summed E-state index contributed by atoms with van der Waals surface area (Å²) in [5.41, 5.74) is 0.0738. The van der Waals surface area contributed by atoms with Gasteiger partial charge in [0, 0.05) is 6.61 Å². The van der Waals surface area contributed by atoms with Gasteiger partial charge in [-0.2, -0.15) is 0 Å². The van der Waals surface area contributed by atoms with E-state index in [-0.39, 0.29) is 11.5 Å². The maximum Gasteiger partial charge on any atom is 0.306 e. The number of hydrogen-bond donors (Lipinski definition) is 1. The lowest BCUT2D eigenvalue weighted by atomic mass is 9.68. The van der Waals surface area contributed by atoms with E-state index in [1.807, 2.05) is 0 Å². The molecule has 1 heterocycles. The molecule has 16 heavy (non-hydrogen) atoms. The minimum absolute atomic E-state index is 0.0738. The zero-order valence-electron chi connectivity index (χ0n) is 10.1. The van der Waals surface area contributed by atoms with Gasteiger partial charge in [0.15, 0.2) is 0 Å². The lowest BCUT2D eigenvalue weighted by Gasteiger charge is -2.48. The van der Waals surface area contributed by atoms with Crippen molar-refractivity contribution in [1.82, 2.24) is 0 Å². The van der Waals surface area contributed by atoms with E-state index in [4.69, 9.17) is 4.74 Å². The third-order valence-electron chi connectivity index (χ3n) is 4.28. The van der Waals surface area contributed by atoms with Gasteiger partial charge in [0.2, 0.25) is 0 Å². The first-order valence-corrected chi connectivity index (χ1v) is 6.54. The summed E-state index contributed by atoms with van der Waals surface area (Å²) in [6.07, 6.45) is 7.21. The highest BCUT2D eigenvalue weighted by atomic mass is 16.5. The normalized spacial score (nSPS) is 29.7. The van der Waals surface area contributed by atoms with Gasteiger partial charge < -0.3 is 9.84 Å². The first-order chi connectivity index (χ1) is 7.67. The largest absolute Gasteiger partial charge is 0.481 e. The van der Waals surface area contributed by atoms with E-state index in [0.717, 1.165) is 45.1 Å². The third kappa shape index (κ3) is 2.24. The van der Waals surface area contributed by atoms with Gasteiger partial charge in [0.05, 0.1) is 11.5 Å². The number of ether oxygens (including phenoxy) is 1. The Labute approximate surface area is 97.2 Å². The van der Waals surface area contributed by atoms with E-state index in [9.17, 15) is 9.90 Å². The molecule has 1 aliphatic heterocycles. The van der Waals surface area contributed by atoms with Crippen LogP contribution in [0.3, 0.4) is 0 Å². The van der Waals surface area contributed by atoms with E-state index in [0.29, 0.717) is 5.92 Å². The predicted octanol–water partition coefficient (Wildman–Crippen LogP) is 2.84. The molecule has 0 aromatic heterocycles. The molecule has 1 saturated carbocycles. The van der Waals surface area contributed by atoms with Crippen LogP contribution in [-0.2, 0) is 9.53 Å². The summed E-state index contributed by atoms with van der Waals surface area (Å²) in [7, 11) is 0. The number of aliphatic carboxylic acids is 1. The van der Waals surface area contributed by atoms with E-state index in [1.165, 1.54) is 6.42 Å². The molecule has 0 bridgehead atoms. The molecule has 1 spiro atoms. The highest BCUT2D eigenvalue weighted by molar-refractivity contribution is 5.70. The Morgan fingerprint density at radius 1 is 1.56 bits per heavy atom. The van der Waals surface area contributed by atoms with Gasteiger partial charge in [-0.25, -0.2) is 0 Å². The molecule has 3 heteroatoms. The highest BCUT2D eigenvalue weighted by Gasteiger charge is 2.45. The van der Waals surface area contributed by atoms with Crippen LogP contribution in [0.2, 0.25) is 0 Å². The van der Waals surface area contributed by atoms with Crippen LogP contribution in [0.1, 0.15) is 51.9 Å². The van der Waals surface area contributed by atoms with Gasteiger partial charge in [-0.15, -0.1) is 0 Å². The maximum absolute atomic E-state index is 11.3. The smallest absolute Gasteiger partial charge is 0.306 e. The molecule has 3 nitrogen and oxygen atoms in total. The Hall–Kier alpha value is -0.570. The van der Waals surface area contributed by atoms with Crippen LogP contribution < -0.4 is 0 Å². The summed E-state index contributed by atoms with van der Waals surface area (Å²) in [5, 5.41) is 9.28. The summed E-state index contributed by atoms with van der Waals surface area (Å²) < 4.78 is 5.85. The number of rotatable bonds is 4. The van der Waals surface area contributed by atoms with Crippen LogP contribution in [0.5, 0.6) is 0 Å². The van der Waals surface area contributed by atoms with Gasteiger partial charge in [-0.3, -0.25) is 4.79 Å². The van der Waals surface area contributed by atoms with Crippen LogP contribution in [-0.4, -0.2) is 23.3 Å². The Morgan fingerprint density at radius 2 is 2.31 bits per heavy atom. The average molecular weight is 226 g/mol. The van der Waals surface area contributed by atoms with Crippen molar-refractivity contribution in [3.05, 3.63) is 0 Å². The van der Waals surface area contributed by atoms with Crippen LogP contribution >= 0.6 is 0 Å². The maximum atomic E-state index is 11.3. The molecule has 2 aliphatic rings. The Bertz CT molecular complexity index is 258. The SMILES string of the molecule is CCCC(C(=O)O)C1CCOC2(CCC2)C1. The van der Waals surface area contributed by atoms with Gasteiger partial charge >= 0.3 is 5.97 Å². The Kier molecular flexibility index (Phi) is 3.53. The molecule has 0 aromatic rings. The van der Waals surface area contributed by atoms with Crippen molar-refractivity contribution in [1.29, 1.82) is 0 Å². The summed E-state index contributed by atoms with van der Waals surface area (Å²) in [4.78, 5) is 11.3. The van der Waals surface area contributed by atoms with E-state index < -0.39 is 5.97 Å². The first-order valence-electron chi connectivity index (χ1n) is 6.54. The summed E-state index contributed by atoms with van der Waals surface area (Å²) in [5.74, 6) is -0.416. The summed E-state index contributed by atoms with van der Waals surface area (Å²) in [6.45, 7) is 2.83. The fourth-order valence-electron chi connectivity index (χ4n) is 3.20. The molecule has 2 rings (SSSR count). The van der Waals surface area contributed by atoms with Crippen molar-refractivity contribution in [2.45, 2.75) is 57.5 Å². The molecule has 1 aliphatic carbocycles. The van der Waals surface area contributed by atoms with E-state index >= 15 is 0 Å². The minimum Gasteiger partial charge on any atom is -0.481 e. The van der Waals surface area contributed by atoms with Crippen LogP contribution in [0, 0.1) is 11.8 Å². The highest BCUT2D eigenvalue weighted by Crippen LogP contribution is 2.46. The summed E-state index contributed by atoms with van der Waals surface area (Å²) in [6, 6.07) is 0. The van der Waals surface area contributed by atoms with Gasteiger partial charge in [-0.1, -0.05) is 13.3 Å². The molecule has 92 valence electrons. The fraction of sp³-hybridized carbons (Fsp3) is 0.923. The molecule has 0 aromatic carbocycles. The van der Waals surface area contributed by atoms with E-state index in [1.54, 1.807) is 0 Å². The van der Waals surface area contributed by atoms with Crippen LogP contribution in [0.15, 0.2) is 0 Å². The quantitative estimate of drug-likeness (QED) is 0.801. The monoisotopic (exact) mass is 226 g/mol. The van der Waals surface area contributed by atoms with Crippen molar-refractivity contribution in [2.24, 2.45) is 11.8 Å². The first kappa shape index (κ1) is 11.9. The Balaban J connectivity index is 1.98. The van der Waals surface area contributed by atoms with Gasteiger partial charge in [0.25, 0.3) is 0 Å². The molecule has 0 radical (unpaired) electrons. The standard InChI is InChI=1S/C13H22O3/c1-2-4-11(12(14)15)10-5-8-16-13(9-10)6-3-7-13/h10-11H,2-9H2,1H3,(H,14,15). The van der Waals surface area contributed by atoms with Crippen molar-refractivity contribution >= 4 is 5.97 Å². The molecule has 2 fully saturated rings. The van der Waals surface area contributed by atoms with Crippen molar-refractivity contribution in [2.75, 3.05) is 6.61 Å². The number of hydrogen-bond acceptors (Lipinski definition) is 2. The van der Waals surface area contributed by atoms with Crippen LogP contribution in [0.4, 0.5) is 0 Å². The molecule has 2 unspecified atom stereocenters. The topological polar surface area (TPSA) is 46.5 Å². The molecule has 0 amide bonds. The predicted molar refractivity (Wildman–Crippen MR) is 61.3 cm³/mol. The van der Waals surface area contributed by atoms with E-state index in [2.05, 4.69) is 6.92 Å². The second-order valence-corrected chi connectivity index (χ2v) is 5.37. The fourth-order valence-corrected chi connectivity index (χ4v) is 3.20. The van der Waals surface area contributed by atoms with Crippen molar-refractivity contribution in [3.63, 3.8) is 0 Å². The zero-order valence-corrected chi connectivity index (χ0v) is 10.1. The second-order valence-electron chi connectivity index (χ2n) is 5.37. The van der Waals surface area contributed by atoms with Crippen molar-refractivity contribution < 1.29 is 14.6 Å². The number of carboxylic acid groups (broad SMARTS) is 1. The summed E-state index contributed by atoms with van der Waals surface area (Å²) >= 11 is 0. The molecule has 2 atom stereocenters. The zero-order chi connectivity index (χ0) is 11.6. The van der Waals surface area contributed by atoms with Crippen LogP contribution in [0.25, 0.3) is 0 Å². The van der Waals surface area contributed by atoms with Gasteiger partial charge in [0.1, 0.15) is 0 Å². The number of carboxylic acids is 1. The lowest BCUT2D eigenvalue weighted by Crippen LogP contribution is -2.47. The number of carbonyl (C=O) groups is 1. The third-order valence-corrected chi connectivity index (χ3v) is 4.28. The molecular formula is C13H22O3. The van der Waals surface area contributed by atoms with Gasteiger partial charge in [-0.05, 0) is 44.4 Å². The molecular weight excluding hydrogens is 204 g/mol. The average Bonchev–Trinajstić information content (AvgIpc) is 2.23. The lowest BCUT2D eigenvalue weighted by molar-refractivity contribution is -0.163. The molecule has 1 N–H and O–H groups in total. The molecule has 1 saturated heterocycles.